The summed E-state index contributed by atoms with van der Waals surface area (Å²) >= 11 is 12.2. The second-order valence-corrected chi connectivity index (χ2v) is 8.10. The number of nitrogens with one attached hydrogen (secondary N) is 1. The third kappa shape index (κ3) is 4.72. The second-order valence-electron chi connectivity index (χ2n) is 7.26. The molecule has 3 aromatic rings. The summed E-state index contributed by atoms with van der Waals surface area (Å²) in [5.74, 6) is 1.28. The lowest BCUT2D eigenvalue weighted by molar-refractivity contribution is 0.112. The van der Waals surface area contributed by atoms with E-state index in [2.05, 4.69) is 10.2 Å². The predicted molar refractivity (Wildman–Crippen MR) is 124 cm³/mol. The minimum absolute atomic E-state index is 0.315. The Hall–Kier alpha value is -2.69. The standard InChI is InChI=1S/C24H22Cl2N2O2/c25-18-9-10-23(20(26)15-18)30-24-8-4-2-6-21(24)27-19-11-13-28(14-12-19)22-7-3-1-5-17(22)16-29/h1-10,15-16,19,27H,11-14H2. The minimum Gasteiger partial charge on any atom is -0.454 e. The number of piperidine rings is 1. The second kappa shape index (κ2) is 9.41. The van der Waals surface area contributed by atoms with Crippen molar-refractivity contribution in [3.05, 3.63) is 82.3 Å². The van der Waals surface area contributed by atoms with Crippen molar-refractivity contribution in [1.82, 2.24) is 0 Å². The van der Waals surface area contributed by atoms with Gasteiger partial charge in [0, 0.05) is 35.4 Å². The lowest BCUT2D eigenvalue weighted by Crippen LogP contribution is -2.39. The molecule has 0 radical (unpaired) electrons. The normalized spacial score (nSPS) is 14.4. The quantitative estimate of drug-likeness (QED) is 0.434. The molecular formula is C24H22Cl2N2O2. The summed E-state index contributed by atoms with van der Waals surface area (Å²) in [6, 6.07) is 21.1. The molecule has 1 saturated heterocycles. The van der Waals surface area contributed by atoms with E-state index in [0.717, 1.165) is 54.9 Å². The van der Waals surface area contributed by atoms with Crippen molar-refractivity contribution in [3.63, 3.8) is 0 Å². The molecule has 0 spiro atoms. The van der Waals surface area contributed by atoms with Crippen molar-refractivity contribution in [2.24, 2.45) is 0 Å². The Bertz CT molecular complexity index is 1030. The van der Waals surface area contributed by atoms with Crippen molar-refractivity contribution in [2.45, 2.75) is 18.9 Å². The molecule has 0 amide bonds. The van der Waals surface area contributed by atoms with Crippen LogP contribution in [-0.2, 0) is 0 Å². The van der Waals surface area contributed by atoms with Gasteiger partial charge in [-0.3, -0.25) is 4.79 Å². The summed E-state index contributed by atoms with van der Waals surface area (Å²) in [6.07, 6.45) is 2.85. The molecule has 0 bridgehead atoms. The van der Waals surface area contributed by atoms with Gasteiger partial charge in [-0.1, -0.05) is 47.5 Å². The summed E-state index contributed by atoms with van der Waals surface area (Å²) < 4.78 is 6.06. The number of rotatable bonds is 6. The number of benzene rings is 3. The third-order valence-electron chi connectivity index (χ3n) is 5.26. The van der Waals surface area contributed by atoms with E-state index in [1.165, 1.54) is 0 Å². The van der Waals surface area contributed by atoms with Gasteiger partial charge in [-0.25, -0.2) is 0 Å². The van der Waals surface area contributed by atoms with Crippen LogP contribution in [0.4, 0.5) is 11.4 Å². The fourth-order valence-electron chi connectivity index (χ4n) is 3.71. The maximum absolute atomic E-state index is 11.3. The zero-order chi connectivity index (χ0) is 20.9. The molecule has 1 aliphatic rings. The Balaban J connectivity index is 1.43. The van der Waals surface area contributed by atoms with Gasteiger partial charge in [0.1, 0.15) is 5.75 Å². The van der Waals surface area contributed by atoms with Gasteiger partial charge in [0.15, 0.2) is 12.0 Å². The van der Waals surface area contributed by atoms with E-state index < -0.39 is 0 Å². The Morgan fingerprint density at radius 2 is 1.67 bits per heavy atom. The van der Waals surface area contributed by atoms with Crippen LogP contribution in [0.15, 0.2) is 66.7 Å². The third-order valence-corrected chi connectivity index (χ3v) is 5.79. The molecule has 0 unspecified atom stereocenters. The van der Waals surface area contributed by atoms with Crippen LogP contribution in [0, 0.1) is 0 Å². The number of hydrogen-bond acceptors (Lipinski definition) is 4. The van der Waals surface area contributed by atoms with Gasteiger partial charge in [0.25, 0.3) is 0 Å². The molecule has 1 aliphatic heterocycles. The Labute approximate surface area is 186 Å². The monoisotopic (exact) mass is 440 g/mol. The number of anilines is 2. The number of carbonyl (C=O) groups is 1. The molecule has 0 atom stereocenters. The van der Waals surface area contributed by atoms with Crippen molar-refractivity contribution in [1.29, 1.82) is 0 Å². The molecule has 4 rings (SSSR count). The summed E-state index contributed by atoms with van der Waals surface area (Å²) in [5, 5.41) is 4.65. The molecule has 154 valence electrons. The lowest BCUT2D eigenvalue weighted by atomic mass is 10.0. The number of ether oxygens (including phenoxy) is 1. The highest BCUT2D eigenvalue weighted by molar-refractivity contribution is 6.35. The van der Waals surface area contributed by atoms with Gasteiger partial charge in [0.2, 0.25) is 0 Å². The topological polar surface area (TPSA) is 41.6 Å². The predicted octanol–water partition coefficient (Wildman–Crippen LogP) is 6.68. The van der Waals surface area contributed by atoms with Gasteiger partial charge in [0.05, 0.1) is 10.7 Å². The van der Waals surface area contributed by atoms with Gasteiger partial charge in [-0.2, -0.15) is 0 Å². The SMILES string of the molecule is O=Cc1ccccc1N1CCC(Nc2ccccc2Oc2ccc(Cl)cc2Cl)CC1. The molecule has 0 aromatic heterocycles. The Kier molecular flexibility index (Phi) is 6.46. The van der Waals surface area contributed by atoms with Crippen molar-refractivity contribution >= 4 is 40.9 Å². The van der Waals surface area contributed by atoms with Gasteiger partial charge in [-0.05, 0) is 55.3 Å². The first-order chi connectivity index (χ1) is 14.6. The zero-order valence-corrected chi connectivity index (χ0v) is 17.9. The van der Waals surface area contributed by atoms with Crippen LogP contribution < -0.4 is 15.0 Å². The van der Waals surface area contributed by atoms with Crippen LogP contribution in [0.5, 0.6) is 11.5 Å². The summed E-state index contributed by atoms with van der Waals surface area (Å²) in [5.41, 5.74) is 2.67. The number of nitrogens with zero attached hydrogens (tertiary/aromatic N) is 1. The molecule has 6 heteroatoms. The highest BCUT2D eigenvalue weighted by Gasteiger charge is 2.21. The molecule has 1 fully saturated rings. The van der Waals surface area contributed by atoms with Crippen LogP contribution in [0.1, 0.15) is 23.2 Å². The smallest absolute Gasteiger partial charge is 0.152 e. The molecule has 3 aromatic carbocycles. The van der Waals surface area contributed by atoms with E-state index >= 15 is 0 Å². The fraction of sp³-hybridized carbons (Fsp3) is 0.208. The van der Waals surface area contributed by atoms with E-state index in [9.17, 15) is 4.79 Å². The first-order valence-electron chi connectivity index (χ1n) is 9.91. The van der Waals surface area contributed by atoms with Crippen molar-refractivity contribution < 1.29 is 9.53 Å². The van der Waals surface area contributed by atoms with Crippen molar-refractivity contribution in [2.75, 3.05) is 23.3 Å². The van der Waals surface area contributed by atoms with E-state index in [0.29, 0.717) is 21.8 Å². The van der Waals surface area contributed by atoms with E-state index in [4.69, 9.17) is 27.9 Å². The van der Waals surface area contributed by atoms with Gasteiger partial charge < -0.3 is 15.0 Å². The maximum Gasteiger partial charge on any atom is 0.152 e. The van der Waals surface area contributed by atoms with E-state index in [1.807, 2.05) is 48.5 Å². The first-order valence-corrected chi connectivity index (χ1v) is 10.7. The zero-order valence-electron chi connectivity index (χ0n) is 16.4. The highest BCUT2D eigenvalue weighted by atomic mass is 35.5. The molecule has 1 heterocycles. The van der Waals surface area contributed by atoms with Crippen LogP contribution in [0.2, 0.25) is 10.0 Å². The van der Waals surface area contributed by atoms with Gasteiger partial charge >= 0.3 is 0 Å². The fourth-order valence-corrected chi connectivity index (χ4v) is 4.16. The Morgan fingerprint density at radius 1 is 0.933 bits per heavy atom. The number of hydrogen-bond donors (Lipinski definition) is 1. The summed E-state index contributed by atoms with van der Waals surface area (Å²) in [7, 11) is 0. The molecule has 30 heavy (non-hydrogen) atoms. The van der Waals surface area contributed by atoms with Crippen LogP contribution in [0.3, 0.4) is 0 Å². The average Bonchev–Trinajstić information content (AvgIpc) is 2.77. The van der Waals surface area contributed by atoms with Crippen LogP contribution in [0.25, 0.3) is 0 Å². The van der Waals surface area contributed by atoms with Crippen LogP contribution in [-0.4, -0.2) is 25.4 Å². The first kappa shape index (κ1) is 20.6. The number of aldehydes is 1. The largest absolute Gasteiger partial charge is 0.454 e. The molecule has 1 N–H and O–H groups in total. The average molecular weight is 441 g/mol. The summed E-state index contributed by atoms with van der Waals surface area (Å²) in [4.78, 5) is 13.6. The van der Waals surface area contributed by atoms with Gasteiger partial charge in [-0.15, -0.1) is 0 Å². The van der Waals surface area contributed by atoms with Crippen molar-refractivity contribution in [3.8, 4) is 11.5 Å². The molecule has 0 aliphatic carbocycles. The molecular weight excluding hydrogens is 419 g/mol. The van der Waals surface area contributed by atoms with Crippen LogP contribution >= 0.6 is 23.2 Å². The molecule has 4 nitrogen and oxygen atoms in total. The maximum atomic E-state index is 11.3. The summed E-state index contributed by atoms with van der Waals surface area (Å²) in [6.45, 7) is 1.77. The number of carbonyl (C=O) groups excluding carboxylic acids is 1. The number of para-hydroxylation sites is 3. The lowest BCUT2D eigenvalue weighted by Gasteiger charge is -2.35. The van der Waals surface area contributed by atoms with E-state index in [1.54, 1.807) is 18.2 Å². The van der Waals surface area contributed by atoms with E-state index in [-0.39, 0.29) is 0 Å². The minimum atomic E-state index is 0.315. The molecule has 0 saturated carbocycles. The Morgan fingerprint density at radius 3 is 2.43 bits per heavy atom. The number of halogens is 2. The highest BCUT2D eigenvalue weighted by Crippen LogP contribution is 2.36.